The molecule has 4 aromatic carbocycles. The van der Waals surface area contributed by atoms with Crippen LogP contribution in [0.5, 0.6) is 0 Å². The van der Waals surface area contributed by atoms with Crippen molar-refractivity contribution in [2.24, 2.45) is 0 Å². The fourth-order valence-electron chi connectivity index (χ4n) is 8.98. The van der Waals surface area contributed by atoms with E-state index >= 15 is 0 Å². The molecular weight excluding hydrogens is 785 g/mol. The Balaban J connectivity index is 1.71. The van der Waals surface area contributed by atoms with E-state index in [1.54, 1.807) is 0 Å². The van der Waals surface area contributed by atoms with Gasteiger partial charge < -0.3 is 0 Å². The average molecular weight is 840 g/mol. The van der Waals surface area contributed by atoms with Gasteiger partial charge in [-0.15, -0.1) is 0 Å². The molecule has 281 valence electrons. The molecule has 0 radical (unpaired) electrons. The first-order chi connectivity index (χ1) is 26.0. The second kappa shape index (κ2) is 16.9. The summed E-state index contributed by atoms with van der Waals surface area (Å²) < 4.78 is -1.67. The van der Waals surface area contributed by atoms with Crippen LogP contribution in [0.4, 0.5) is 0 Å². The number of aryl methyl sites for hydroxylation is 2. The quantitative estimate of drug-likeness (QED) is 0.117. The van der Waals surface area contributed by atoms with E-state index in [0.717, 1.165) is 71.9 Å². The maximum absolute atomic E-state index is 13.7. The number of nitrogens with one attached hydrogen (secondary N) is 2. The number of rotatable bonds is 15. The molecule has 2 aliphatic carbocycles. The summed E-state index contributed by atoms with van der Waals surface area (Å²) in [4.78, 5) is 27.4. The summed E-state index contributed by atoms with van der Waals surface area (Å²) in [7, 11) is 17.8. The van der Waals surface area contributed by atoms with Crippen LogP contribution in [0.2, 0.25) is 0 Å². The number of amides is 2. The molecule has 54 heavy (non-hydrogen) atoms. The van der Waals surface area contributed by atoms with E-state index in [1.807, 2.05) is 13.8 Å². The molecule has 0 heterocycles. The van der Waals surface area contributed by atoms with Crippen molar-refractivity contribution in [1.82, 2.24) is 10.5 Å². The number of allylic oxidation sites excluding steroid dienone is 2. The summed E-state index contributed by atoms with van der Waals surface area (Å²) in [6.07, 6.45) is 10.8. The van der Waals surface area contributed by atoms with Crippen molar-refractivity contribution in [1.29, 1.82) is 0 Å². The van der Waals surface area contributed by atoms with Gasteiger partial charge in [-0.1, -0.05) is 0 Å². The molecule has 2 aliphatic rings. The molecule has 0 aromatic heterocycles. The van der Waals surface area contributed by atoms with E-state index in [1.165, 1.54) is 33.4 Å². The van der Waals surface area contributed by atoms with Crippen LogP contribution in [-0.2, 0) is 25.8 Å². The Morgan fingerprint density at radius 1 is 0.593 bits per heavy atom. The van der Waals surface area contributed by atoms with Crippen molar-refractivity contribution in [3.63, 3.8) is 0 Å². The zero-order chi connectivity index (χ0) is 38.6. The topological polar surface area (TPSA) is 58.2 Å². The van der Waals surface area contributed by atoms with Gasteiger partial charge in [-0.05, 0) is 0 Å². The first-order valence-corrected chi connectivity index (χ1v) is 30.5. The number of unbranched alkanes of at least 4 members (excludes halogenated alkanes) is 2. The molecular formula is C46H54BCl2N2O2Zr. The van der Waals surface area contributed by atoms with Gasteiger partial charge in [0.1, 0.15) is 0 Å². The SMILES string of the molecule is CCCCC1=Cc2c(-c3ccccc3C)cccc2[CH]1[Zr]([Cl])([Cl])([B](NC(=O)CC)NC(=O)CC)[CH]1C(CCCC)=Cc2c(-c3ccccc3C)cccc21. The van der Waals surface area contributed by atoms with Crippen LogP contribution in [0, 0.1) is 13.8 Å². The van der Waals surface area contributed by atoms with Crippen molar-refractivity contribution in [3.05, 3.63) is 129 Å². The number of fused-ring (bicyclic) bond motifs is 2. The molecule has 0 bridgehead atoms. The molecule has 2 N–H and O–H groups in total. The van der Waals surface area contributed by atoms with Gasteiger partial charge in [-0.25, -0.2) is 0 Å². The summed E-state index contributed by atoms with van der Waals surface area (Å²) in [6.45, 7) is 12.4. The molecule has 0 spiro atoms. The van der Waals surface area contributed by atoms with E-state index in [-0.39, 0.29) is 31.9 Å². The molecule has 2 amide bonds. The van der Waals surface area contributed by atoms with Crippen LogP contribution in [0.1, 0.15) is 120 Å². The van der Waals surface area contributed by atoms with Crippen molar-refractivity contribution < 1.29 is 25.8 Å². The molecule has 0 aliphatic heterocycles. The molecule has 6 rings (SSSR count). The summed E-state index contributed by atoms with van der Waals surface area (Å²) in [5.74, 6) is -0.370. The fourth-order valence-corrected chi connectivity index (χ4v) is 29.7. The number of benzene rings is 4. The van der Waals surface area contributed by atoms with Crippen LogP contribution in [0.25, 0.3) is 34.4 Å². The van der Waals surface area contributed by atoms with Gasteiger partial charge in [-0.2, -0.15) is 0 Å². The van der Waals surface area contributed by atoms with Crippen LogP contribution in [0.15, 0.2) is 96.1 Å². The van der Waals surface area contributed by atoms with E-state index in [0.29, 0.717) is 0 Å². The van der Waals surface area contributed by atoms with Gasteiger partial charge in [0.05, 0.1) is 0 Å². The Morgan fingerprint density at radius 2 is 0.981 bits per heavy atom. The summed E-state index contributed by atoms with van der Waals surface area (Å²) in [5.41, 5.74) is 13.9. The maximum atomic E-state index is 13.7. The Labute approximate surface area is 331 Å². The molecule has 4 nitrogen and oxygen atoms in total. The van der Waals surface area contributed by atoms with Gasteiger partial charge >= 0.3 is 334 Å². The van der Waals surface area contributed by atoms with Gasteiger partial charge in [0.2, 0.25) is 0 Å². The zero-order valence-corrected chi connectivity index (χ0v) is 36.7. The summed E-state index contributed by atoms with van der Waals surface area (Å²) >= 11 is -5.97. The van der Waals surface area contributed by atoms with Crippen LogP contribution >= 0.6 is 17.0 Å². The van der Waals surface area contributed by atoms with Gasteiger partial charge in [0.15, 0.2) is 0 Å². The number of hydrogen-bond acceptors (Lipinski definition) is 2. The summed E-state index contributed by atoms with van der Waals surface area (Å²) in [6, 6.07) is 30.1. The number of carbonyl (C=O) groups excluding carboxylic acids is 2. The van der Waals surface area contributed by atoms with Crippen molar-refractivity contribution >= 4 is 45.5 Å². The Kier molecular flexibility index (Phi) is 12.7. The minimum absolute atomic E-state index is 0.185. The van der Waals surface area contributed by atoms with Gasteiger partial charge in [-0.3, -0.25) is 0 Å². The minimum atomic E-state index is -5.97. The van der Waals surface area contributed by atoms with Gasteiger partial charge in [0.25, 0.3) is 0 Å². The second-order valence-electron chi connectivity index (χ2n) is 15.3. The van der Waals surface area contributed by atoms with Crippen LogP contribution in [-0.4, -0.2) is 16.3 Å². The molecule has 0 saturated heterocycles. The van der Waals surface area contributed by atoms with Crippen molar-refractivity contribution in [2.45, 2.75) is 100 Å². The van der Waals surface area contributed by atoms with Crippen LogP contribution < -0.4 is 10.5 Å². The first-order valence-electron chi connectivity index (χ1n) is 19.9. The standard InChI is InChI=1S/2C20H21.C6H11BN2O2.2ClH.Zr/c2*1-3-4-9-16-13-17-10-7-12-19(20(17)14-16)18-11-6-5-8-15(18)2;1-3-5(10)8-7-9-6(11)4-2;;;/h2*5-8,10-14H,3-4,9H2,1-2H3;3-4H2,1-2H3,(H-,8,9,10,11);2*1H;/q;;;;;+1/p-1. The van der Waals surface area contributed by atoms with E-state index < -0.39 is 20.7 Å². The molecule has 8 heteroatoms. The molecule has 2 atom stereocenters. The predicted molar refractivity (Wildman–Crippen MR) is 228 cm³/mol. The van der Waals surface area contributed by atoms with E-state index in [4.69, 9.17) is 17.0 Å². The number of halogens is 2. The van der Waals surface area contributed by atoms with E-state index in [9.17, 15) is 9.59 Å². The summed E-state index contributed by atoms with van der Waals surface area (Å²) in [5, 5.41) is 6.59. The molecule has 4 aromatic rings. The number of hydrogen-bond donors (Lipinski definition) is 2. The average Bonchev–Trinajstić information content (AvgIpc) is 3.76. The van der Waals surface area contributed by atoms with Crippen molar-refractivity contribution in [2.75, 3.05) is 0 Å². The second-order valence-corrected chi connectivity index (χ2v) is 36.7. The third kappa shape index (κ3) is 7.40. The van der Waals surface area contributed by atoms with Crippen LogP contribution in [0.3, 0.4) is 0 Å². The first kappa shape index (κ1) is 40.5. The zero-order valence-electron chi connectivity index (χ0n) is 32.7. The van der Waals surface area contributed by atoms with E-state index in [2.05, 4.69) is 135 Å². The number of carbonyl (C=O) groups is 2. The van der Waals surface area contributed by atoms with Crippen molar-refractivity contribution in [3.8, 4) is 22.3 Å². The Bertz CT molecular complexity index is 1980. The predicted octanol–water partition coefficient (Wildman–Crippen LogP) is 12.6. The normalized spacial score (nSPS) is 16.8. The fraction of sp³-hybridized carbons (Fsp3) is 0.348. The molecule has 2 unspecified atom stereocenters. The molecule has 0 saturated carbocycles. The third-order valence-electron chi connectivity index (χ3n) is 11.7. The third-order valence-corrected chi connectivity index (χ3v) is 31.7. The van der Waals surface area contributed by atoms with Gasteiger partial charge in [0, 0.05) is 0 Å². The monoisotopic (exact) mass is 837 g/mol. The Hall–Kier alpha value is -3.17. The Morgan fingerprint density at radius 3 is 1.35 bits per heavy atom. The molecule has 0 fully saturated rings.